The first kappa shape index (κ1) is 16.8. The van der Waals surface area contributed by atoms with E-state index in [1.165, 1.54) is 31.4 Å². The number of imidazole rings is 1. The molecule has 3 heterocycles. The fraction of sp³-hybridized carbons (Fsp3) is 0.450. The van der Waals surface area contributed by atoms with Crippen molar-refractivity contribution in [2.75, 3.05) is 5.32 Å². The molecule has 3 aromatic heterocycles. The van der Waals surface area contributed by atoms with Crippen LogP contribution in [0.1, 0.15) is 58.1 Å². The molecule has 3 aromatic rings. The summed E-state index contributed by atoms with van der Waals surface area (Å²) in [5, 5.41) is 8.39. The smallest absolute Gasteiger partial charge is 0.131 e. The lowest BCUT2D eigenvalue weighted by molar-refractivity contribution is 0.357. The van der Waals surface area contributed by atoms with Gasteiger partial charge in [0.15, 0.2) is 0 Å². The third-order valence-corrected chi connectivity index (χ3v) is 4.94. The van der Waals surface area contributed by atoms with Crippen molar-refractivity contribution >= 4 is 11.6 Å². The predicted molar refractivity (Wildman–Crippen MR) is 103 cm³/mol. The Morgan fingerprint density at radius 1 is 1.15 bits per heavy atom. The number of aromatic nitrogens is 5. The average molecular weight is 350 g/mol. The molecule has 1 aliphatic rings. The maximum Gasteiger partial charge on any atom is 0.131 e. The van der Waals surface area contributed by atoms with Gasteiger partial charge in [0, 0.05) is 24.4 Å². The topological polar surface area (TPSA) is 60.6 Å². The fourth-order valence-electron chi connectivity index (χ4n) is 3.58. The minimum atomic E-state index is -0.0874. The van der Waals surface area contributed by atoms with E-state index in [2.05, 4.69) is 46.8 Å². The van der Waals surface area contributed by atoms with Gasteiger partial charge in [-0.15, -0.1) is 0 Å². The number of pyridine rings is 1. The van der Waals surface area contributed by atoms with Gasteiger partial charge in [-0.3, -0.25) is 0 Å². The molecule has 4 rings (SSSR count). The van der Waals surface area contributed by atoms with Crippen LogP contribution >= 0.6 is 0 Å². The zero-order chi connectivity index (χ0) is 18.1. The van der Waals surface area contributed by atoms with E-state index >= 15 is 0 Å². The minimum absolute atomic E-state index is 0.0874. The summed E-state index contributed by atoms with van der Waals surface area (Å²) in [6.07, 6.45) is 12.4. The molecule has 136 valence electrons. The highest BCUT2D eigenvalue weighted by atomic mass is 15.4. The molecule has 0 aromatic carbocycles. The van der Waals surface area contributed by atoms with Crippen LogP contribution in [-0.2, 0) is 5.54 Å². The third kappa shape index (κ3) is 3.36. The summed E-state index contributed by atoms with van der Waals surface area (Å²) in [6.45, 7) is 6.54. The molecule has 6 heteroatoms. The number of hydrogen-bond donors (Lipinski definition) is 1. The van der Waals surface area contributed by atoms with E-state index in [0.29, 0.717) is 5.92 Å². The molecule has 1 aliphatic carbocycles. The van der Waals surface area contributed by atoms with Gasteiger partial charge in [-0.2, -0.15) is 5.10 Å². The van der Waals surface area contributed by atoms with Crippen molar-refractivity contribution in [3.8, 4) is 5.69 Å². The second-order valence-electron chi connectivity index (χ2n) is 8.02. The van der Waals surface area contributed by atoms with Crippen LogP contribution in [-0.4, -0.2) is 24.3 Å². The molecule has 0 aliphatic heterocycles. The van der Waals surface area contributed by atoms with Crippen LogP contribution in [0, 0.1) is 0 Å². The summed E-state index contributed by atoms with van der Waals surface area (Å²) < 4.78 is 4.03. The van der Waals surface area contributed by atoms with Crippen LogP contribution in [0.25, 0.3) is 5.69 Å². The quantitative estimate of drug-likeness (QED) is 0.746. The molecular weight excluding hydrogens is 324 g/mol. The lowest BCUT2D eigenvalue weighted by Crippen LogP contribution is -2.24. The van der Waals surface area contributed by atoms with Crippen LogP contribution in [0.3, 0.4) is 0 Å². The zero-order valence-corrected chi connectivity index (χ0v) is 15.7. The first-order valence-corrected chi connectivity index (χ1v) is 9.32. The van der Waals surface area contributed by atoms with Gasteiger partial charge in [0.05, 0.1) is 29.4 Å². The van der Waals surface area contributed by atoms with E-state index in [1.807, 2.05) is 29.1 Å². The lowest BCUT2D eigenvalue weighted by Gasteiger charge is -2.22. The monoisotopic (exact) mass is 350 g/mol. The Labute approximate surface area is 154 Å². The van der Waals surface area contributed by atoms with Crippen molar-refractivity contribution in [3.05, 3.63) is 48.8 Å². The minimum Gasteiger partial charge on any atom is -0.325 e. The second-order valence-corrected chi connectivity index (χ2v) is 8.02. The summed E-state index contributed by atoms with van der Waals surface area (Å²) >= 11 is 0. The van der Waals surface area contributed by atoms with Crippen molar-refractivity contribution in [2.45, 2.75) is 57.9 Å². The summed E-state index contributed by atoms with van der Waals surface area (Å²) in [5.74, 6) is 2.41. The van der Waals surface area contributed by atoms with E-state index in [-0.39, 0.29) is 5.54 Å². The van der Waals surface area contributed by atoms with Crippen LogP contribution in [0.4, 0.5) is 11.6 Å². The number of nitrogens with zero attached hydrogens (tertiary/aromatic N) is 5. The molecule has 0 atom stereocenters. The summed E-state index contributed by atoms with van der Waals surface area (Å²) in [4.78, 5) is 8.63. The van der Waals surface area contributed by atoms with Crippen molar-refractivity contribution in [1.29, 1.82) is 0 Å². The maximum absolute atomic E-state index is 4.93. The summed E-state index contributed by atoms with van der Waals surface area (Å²) in [7, 11) is 0. The van der Waals surface area contributed by atoms with Gasteiger partial charge in [-0.1, -0.05) is 12.8 Å². The Morgan fingerprint density at radius 3 is 2.58 bits per heavy atom. The molecule has 0 bridgehead atoms. The number of anilines is 2. The van der Waals surface area contributed by atoms with Gasteiger partial charge in [0.1, 0.15) is 11.6 Å². The maximum atomic E-state index is 4.93. The predicted octanol–water partition coefficient (Wildman–Crippen LogP) is 4.62. The van der Waals surface area contributed by atoms with Gasteiger partial charge >= 0.3 is 0 Å². The fourth-order valence-corrected chi connectivity index (χ4v) is 3.58. The molecule has 6 nitrogen and oxygen atoms in total. The highest BCUT2D eigenvalue weighted by molar-refractivity contribution is 5.54. The average Bonchev–Trinajstić information content (AvgIpc) is 3.36. The van der Waals surface area contributed by atoms with Crippen molar-refractivity contribution in [3.63, 3.8) is 0 Å². The molecular formula is C20H26N6. The standard InChI is InChI=1S/C20H26N6/c1-20(2,3)26-19(12-17(24-26)15-6-4-5-7-15)23-18-9-8-16(13-22-18)25-11-10-21-14-25/h8-15H,4-7H2,1-3H3,(H,22,23). The van der Waals surface area contributed by atoms with Crippen LogP contribution in [0.2, 0.25) is 0 Å². The summed E-state index contributed by atoms with van der Waals surface area (Å²) in [5.41, 5.74) is 2.11. The molecule has 0 unspecified atom stereocenters. The van der Waals surface area contributed by atoms with Gasteiger partial charge in [-0.25, -0.2) is 14.6 Å². The Balaban J connectivity index is 1.60. The highest BCUT2D eigenvalue weighted by Crippen LogP contribution is 2.36. The first-order valence-electron chi connectivity index (χ1n) is 9.32. The molecule has 1 N–H and O–H groups in total. The van der Waals surface area contributed by atoms with Crippen molar-refractivity contribution in [2.24, 2.45) is 0 Å². The second kappa shape index (κ2) is 6.59. The Bertz CT molecular complexity index is 849. The van der Waals surface area contributed by atoms with Gasteiger partial charge in [0.2, 0.25) is 0 Å². The number of nitrogens with one attached hydrogen (secondary N) is 1. The van der Waals surface area contributed by atoms with E-state index < -0.39 is 0 Å². The van der Waals surface area contributed by atoms with Crippen LogP contribution < -0.4 is 5.32 Å². The molecule has 26 heavy (non-hydrogen) atoms. The highest BCUT2D eigenvalue weighted by Gasteiger charge is 2.25. The van der Waals surface area contributed by atoms with Crippen molar-refractivity contribution < 1.29 is 0 Å². The largest absolute Gasteiger partial charge is 0.325 e. The first-order chi connectivity index (χ1) is 12.5. The Morgan fingerprint density at radius 2 is 1.96 bits per heavy atom. The van der Waals surface area contributed by atoms with Crippen molar-refractivity contribution in [1.82, 2.24) is 24.3 Å². The number of hydrogen-bond acceptors (Lipinski definition) is 4. The molecule has 1 saturated carbocycles. The van der Waals surface area contributed by atoms with Crippen LogP contribution in [0.5, 0.6) is 0 Å². The van der Waals surface area contributed by atoms with E-state index in [4.69, 9.17) is 5.10 Å². The van der Waals surface area contributed by atoms with Gasteiger partial charge in [0.25, 0.3) is 0 Å². The Hall–Kier alpha value is -2.63. The van der Waals surface area contributed by atoms with E-state index in [1.54, 1.807) is 12.5 Å². The third-order valence-electron chi connectivity index (χ3n) is 4.94. The van der Waals surface area contributed by atoms with Gasteiger partial charge in [-0.05, 0) is 45.7 Å². The van der Waals surface area contributed by atoms with Crippen LogP contribution in [0.15, 0.2) is 43.1 Å². The lowest BCUT2D eigenvalue weighted by atomic mass is 10.0. The molecule has 0 radical (unpaired) electrons. The van der Waals surface area contributed by atoms with E-state index in [0.717, 1.165) is 17.3 Å². The normalized spacial score (nSPS) is 15.5. The van der Waals surface area contributed by atoms with Gasteiger partial charge < -0.3 is 9.88 Å². The molecule has 0 amide bonds. The van der Waals surface area contributed by atoms with E-state index in [9.17, 15) is 0 Å². The molecule has 0 saturated heterocycles. The SMILES string of the molecule is CC(C)(C)n1nc(C2CCCC2)cc1Nc1ccc(-n2ccnc2)cn1. The summed E-state index contributed by atoms with van der Waals surface area (Å²) in [6, 6.07) is 6.23. The Kier molecular flexibility index (Phi) is 4.26. The molecule has 0 spiro atoms. The molecule has 1 fully saturated rings. The number of rotatable bonds is 4. The zero-order valence-electron chi connectivity index (χ0n) is 15.7.